The topological polar surface area (TPSA) is 38.5 Å². The molecule has 0 radical (unpaired) electrons. The molecule has 0 amide bonds. The van der Waals surface area contributed by atoms with Crippen molar-refractivity contribution in [3.05, 3.63) is 71.2 Å². The van der Waals surface area contributed by atoms with E-state index in [9.17, 15) is 4.39 Å². The Morgan fingerprint density at radius 2 is 1.92 bits per heavy atom. The van der Waals surface area contributed by atoms with Gasteiger partial charge in [-0.1, -0.05) is 41.0 Å². The summed E-state index contributed by atoms with van der Waals surface area (Å²) in [6, 6.07) is 15.7. The predicted octanol–water partition coefficient (Wildman–Crippen LogP) is 4.64. The minimum absolute atomic E-state index is 0.264. The average molecular weight is 361 g/mol. The third-order valence-corrected chi connectivity index (χ3v) is 3.94. The molecule has 0 aliphatic heterocycles. The van der Waals surface area contributed by atoms with Gasteiger partial charge in [0.1, 0.15) is 12.3 Å². The zero-order valence-corrected chi connectivity index (χ0v) is 14.5. The van der Waals surface area contributed by atoms with Gasteiger partial charge in [-0.15, -0.1) is 0 Å². The second-order valence-corrected chi connectivity index (χ2v) is 6.14. The van der Waals surface area contributed by atoms with Crippen LogP contribution in [0, 0.1) is 5.82 Å². The molecule has 1 heterocycles. The number of ether oxygens (including phenoxy) is 1. The first-order valence-corrected chi connectivity index (χ1v) is 8.27. The fraction of sp³-hybridized carbons (Fsp3) is 0.211. The van der Waals surface area contributed by atoms with E-state index in [-0.39, 0.29) is 11.6 Å². The second kappa shape index (κ2) is 8.14. The summed E-state index contributed by atoms with van der Waals surface area (Å²) in [5, 5.41) is 4.77. The summed E-state index contributed by atoms with van der Waals surface area (Å²) in [5.41, 5.74) is 1.72. The van der Waals surface area contributed by atoms with Crippen LogP contribution in [0.15, 0.2) is 59.1 Å². The fourth-order valence-corrected chi connectivity index (χ4v) is 2.49. The zero-order valence-electron chi connectivity index (χ0n) is 13.8. The van der Waals surface area contributed by atoms with Crippen LogP contribution in [0.4, 0.5) is 4.39 Å². The molecule has 130 valence electrons. The monoisotopic (exact) mass is 360 g/mol. The van der Waals surface area contributed by atoms with Gasteiger partial charge in [-0.3, -0.25) is 4.90 Å². The number of para-hydroxylation sites is 1. The number of nitrogens with zero attached hydrogens (tertiary/aromatic N) is 2. The van der Waals surface area contributed by atoms with Gasteiger partial charge in [0.15, 0.2) is 17.3 Å². The molecule has 25 heavy (non-hydrogen) atoms. The number of hydrogen-bond acceptors (Lipinski definition) is 4. The summed E-state index contributed by atoms with van der Waals surface area (Å²) in [5.74, 6) is 0.659. The van der Waals surface area contributed by atoms with Gasteiger partial charge in [0.05, 0.1) is 6.54 Å². The third kappa shape index (κ3) is 4.81. The van der Waals surface area contributed by atoms with Crippen molar-refractivity contribution in [3.8, 4) is 17.0 Å². The molecule has 3 rings (SSSR count). The molecule has 4 nitrogen and oxygen atoms in total. The van der Waals surface area contributed by atoms with Gasteiger partial charge < -0.3 is 9.26 Å². The predicted molar refractivity (Wildman–Crippen MR) is 95.2 cm³/mol. The Kier molecular flexibility index (Phi) is 5.68. The van der Waals surface area contributed by atoms with Crippen LogP contribution in [0.2, 0.25) is 5.02 Å². The molecule has 0 saturated carbocycles. The normalized spacial score (nSPS) is 11.0. The van der Waals surface area contributed by atoms with Crippen molar-refractivity contribution in [3.63, 3.8) is 0 Å². The molecule has 0 bridgehead atoms. The number of halogens is 2. The highest BCUT2D eigenvalue weighted by atomic mass is 35.5. The average Bonchev–Trinajstić information content (AvgIpc) is 3.05. The van der Waals surface area contributed by atoms with E-state index in [4.69, 9.17) is 20.9 Å². The maximum absolute atomic E-state index is 13.5. The summed E-state index contributed by atoms with van der Waals surface area (Å²) in [4.78, 5) is 2.02. The molecular formula is C19H18ClFN2O2. The van der Waals surface area contributed by atoms with E-state index < -0.39 is 0 Å². The Hall–Kier alpha value is -2.37. The lowest BCUT2D eigenvalue weighted by atomic mass is 10.1. The maximum atomic E-state index is 13.5. The highest BCUT2D eigenvalue weighted by Crippen LogP contribution is 2.21. The summed E-state index contributed by atoms with van der Waals surface area (Å²) in [7, 11) is 1.94. The van der Waals surface area contributed by atoms with Crippen LogP contribution in [0.3, 0.4) is 0 Å². The number of likely N-dealkylation sites (N-methyl/N-ethyl adjacent to an activating group) is 1. The first-order chi connectivity index (χ1) is 12.1. The highest BCUT2D eigenvalue weighted by Gasteiger charge is 2.09. The molecular weight excluding hydrogens is 343 g/mol. The molecule has 0 aliphatic rings. The molecule has 0 unspecified atom stereocenters. The molecule has 0 spiro atoms. The van der Waals surface area contributed by atoms with Crippen molar-refractivity contribution in [2.24, 2.45) is 0 Å². The SMILES string of the molecule is CN(CCOc1ccccc1F)Cc1cc(-c2ccc(Cl)cc2)no1. The molecule has 1 aromatic heterocycles. The Balaban J connectivity index is 1.50. The van der Waals surface area contributed by atoms with E-state index in [2.05, 4.69) is 5.16 Å². The minimum atomic E-state index is -0.354. The van der Waals surface area contributed by atoms with Crippen LogP contribution in [-0.4, -0.2) is 30.3 Å². The van der Waals surface area contributed by atoms with Crippen LogP contribution >= 0.6 is 11.6 Å². The van der Waals surface area contributed by atoms with E-state index in [1.807, 2.05) is 42.3 Å². The van der Waals surface area contributed by atoms with E-state index in [0.29, 0.717) is 24.7 Å². The van der Waals surface area contributed by atoms with E-state index in [1.54, 1.807) is 18.2 Å². The van der Waals surface area contributed by atoms with E-state index in [1.165, 1.54) is 6.07 Å². The van der Waals surface area contributed by atoms with Gasteiger partial charge in [0.2, 0.25) is 0 Å². The molecule has 0 N–H and O–H groups in total. The van der Waals surface area contributed by atoms with Crippen molar-refractivity contribution in [2.75, 3.05) is 20.2 Å². The lowest BCUT2D eigenvalue weighted by Crippen LogP contribution is -2.23. The molecule has 0 saturated heterocycles. The summed E-state index contributed by atoms with van der Waals surface area (Å²) < 4.78 is 24.3. The summed E-state index contributed by atoms with van der Waals surface area (Å²) in [6.45, 7) is 1.60. The van der Waals surface area contributed by atoms with Crippen molar-refractivity contribution in [2.45, 2.75) is 6.54 Å². The van der Waals surface area contributed by atoms with Crippen molar-refractivity contribution in [1.29, 1.82) is 0 Å². The summed E-state index contributed by atoms with van der Waals surface area (Å²) in [6.07, 6.45) is 0. The Morgan fingerprint density at radius 1 is 1.16 bits per heavy atom. The van der Waals surface area contributed by atoms with Crippen LogP contribution in [0.1, 0.15) is 5.76 Å². The van der Waals surface area contributed by atoms with Crippen LogP contribution in [0.25, 0.3) is 11.3 Å². The molecule has 0 atom stereocenters. The zero-order chi connectivity index (χ0) is 17.6. The van der Waals surface area contributed by atoms with Crippen LogP contribution in [0.5, 0.6) is 5.75 Å². The minimum Gasteiger partial charge on any atom is -0.489 e. The highest BCUT2D eigenvalue weighted by molar-refractivity contribution is 6.30. The van der Waals surface area contributed by atoms with Crippen LogP contribution in [-0.2, 0) is 6.54 Å². The van der Waals surface area contributed by atoms with E-state index in [0.717, 1.165) is 17.0 Å². The quantitative estimate of drug-likeness (QED) is 0.615. The number of benzene rings is 2. The molecule has 2 aromatic carbocycles. The largest absolute Gasteiger partial charge is 0.489 e. The Labute approximate surface area is 150 Å². The lowest BCUT2D eigenvalue weighted by molar-refractivity contribution is 0.211. The van der Waals surface area contributed by atoms with Gasteiger partial charge >= 0.3 is 0 Å². The molecule has 6 heteroatoms. The van der Waals surface area contributed by atoms with Gasteiger partial charge in [-0.25, -0.2) is 4.39 Å². The van der Waals surface area contributed by atoms with Crippen molar-refractivity contribution in [1.82, 2.24) is 10.1 Å². The van der Waals surface area contributed by atoms with Gasteiger partial charge in [-0.05, 0) is 31.3 Å². The molecule has 0 fully saturated rings. The molecule has 3 aromatic rings. The fourth-order valence-electron chi connectivity index (χ4n) is 2.36. The van der Waals surface area contributed by atoms with Gasteiger partial charge in [-0.2, -0.15) is 0 Å². The standard InChI is InChI=1S/C19H18ClFN2O2/c1-23(10-11-24-19-5-3-2-4-17(19)21)13-16-12-18(22-25-16)14-6-8-15(20)9-7-14/h2-9,12H,10-11,13H2,1H3. The second-order valence-electron chi connectivity index (χ2n) is 5.70. The number of aromatic nitrogens is 1. The first kappa shape index (κ1) is 17.5. The number of rotatable bonds is 7. The van der Waals surface area contributed by atoms with Crippen molar-refractivity contribution >= 4 is 11.6 Å². The third-order valence-electron chi connectivity index (χ3n) is 3.69. The maximum Gasteiger partial charge on any atom is 0.165 e. The summed E-state index contributed by atoms with van der Waals surface area (Å²) >= 11 is 5.89. The van der Waals surface area contributed by atoms with Crippen molar-refractivity contribution < 1.29 is 13.7 Å². The van der Waals surface area contributed by atoms with Gasteiger partial charge in [0, 0.05) is 23.2 Å². The Bertz CT molecular complexity index is 820. The lowest BCUT2D eigenvalue weighted by Gasteiger charge is -2.15. The van der Waals surface area contributed by atoms with E-state index >= 15 is 0 Å². The van der Waals surface area contributed by atoms with Gasteiger partial charge in [0.25, 0.3) is 0 Å². The number of hydrogen-bond donors (Lipinski definition) is 0. The first-order valence-electron chi connectivity index (χ1n) is 7.89. The smallest absolute Gasteiger partial charge is 0.165 e. The van der Waals surface area contributed by atoms with Crippen LogP contribution < -0.4 is 4.74 Å². The Morgan fingerprint density at radius 3 is 2.68 bits per heavy atom. The molecule has 0 aliphatic carbocycles.